The first kappa shape index (κ1) is 18.5. The number of carbonyl (C=O) groups is 1. The van der Waals surface area contributed by atoms with Gasteiger partial charge in [0.15, 0.2) is 11.6 Å². The van der Waals surface area contributed by atoms with Crippen molar-refractivity contribution in [2.45, 2.75) is 6.54 Å². The number of rotatable bonds is 5. The Labute approximate surface area is 154 Å². The molecule has 0 atom stereocenters. The van der Waals surface area contributed by atoms with Gasteiger partial charge in [0, 0.05) is 6.54 Å². The van der Waals surface area contributed by atoms with E-state index in [1.165, 1.54) is 55.6 Å². The maximum Gasteiger partial charge on any atom is 0.254 e. The molecule has 0 radical (unpaired) electrons. The van der Waals surface area contributed by atoms with Crippen LogP contribution >= 0.6 is 0 Å². The van der Waals surface area contributed by atoms with Crippen LogP contribution in [0.2, 0.25) is 0 Å². The highest BCUT2D eigenvalue weighted by molar-refractivity contribution is 5.95. The maximum absolute atomic E-state index is 14.3. The first-order valence-corrected chi connectivity index (χ1v) is 8.14. The number of methoxy groups -OCH3 is 1. The summed E-state index contributed by atoms with van der Waals surface area (Å²) in [4.78, 5) is 12.2. The lowest BCUT2D eigenvalue weighted by molar-refractivity contribution is 0.0947. The molecule has 0 aliphatic heterocycles. The minimum absolute atomic E-state index is 0.0406. The van der Waals surface area contributed by atoms with E-state index in [4.69, 9.17) is 4.74 Å². The molecule has 0 aliphatic carbocycles. The number of halogens is 3. The molecule has 0 saturated heterocycles. The molecule has 0 fully saturated rings. The van der Waals surface area contributed by atoms with Gasteiger partial charge in [0.2, 0.25) is 0 Å². The summed E-state index contributed by atoms with van der Waals surface area (Å²) in [6.07, 6.45) is 0. The van der Waals surface area contributed by atoms with Crippen LogP contribution in [0.3, 0.4) is 0 Å². The number of hydrogen-bond donors (Lipinski definition) is 1. The van der Waals surface area contributed by atoms with E-state index in [0.29, 0.717) is 16.7 Å². The summed E-state index contributed by atoms with van der Waals surface area (Å²) in [5.74, 6) is -2.14. The van der Waals surface area contributed by atoms with Crippen LogP contribution in [-0.4, -0.2) is 13.0 Å². The van der Waals surface area contributed by atoms with E-state index >= 15 is 0 Å². The Morgan fingerprint density at radius 2 is 1.59 bits per heavy atom. The summed E-state index contributed by atoms with van der Waals surface area (Å²) in [5, 5.41) is 2.55. The van der Waals surface area contributed by atoms with Crippen LogP contribution < -0.4 is 10.1 Å². The number of amides is 1. The van der Waals surface area contributed by atoms with E-state index in [2.05, 4.69) is 5.32 Å². The number of ether oxygens (including phenoxy) is 1. The molecule has 0 aromatic heterocycles. The van der Waals surface area contributed by atoms with Gasteiger partial charge in [-0.2, -0.15) is 0 Å². The highest BCUT2D eigenvalue weighted by atomic mass is 19.1. The summed E-state index contributed by atoms with van der Waals surface area (Å²) < 4.78 is 45.8. The second kappa shape index (κ2) is 7.95. The van der Waals surface area contributed by atoms with Gasteiger partial charge in [-0.15, -0.1) is 0 Å². The zero-order chi connectivity index (χ0) is 19.4. The summed E-state index contributed by atoms with van der Waals surface area (Å²) >= 11 is 0. The predicted octanol–water partition coefficient (Wildman–Crippen LogP) is 4.71. The van der Waals surface area contributed by atoms with Crippen LogP contribution in [0.25, 0.3) is 11.1 Å². The van der Waals surface area contributed by atoms with Crippen LogP contribution in [0.4, 0.5) is 13.2 Å². The Morgan fingerprint density at radius 3 is 2.22 bits per heavy atom. The second-order valence-corrected chi connectivity index (χ2v) is 5.85. The van der Waals surface area contributed by atoms with Gasteiger partial charge in [-0.3, -0.25) is 4.79 Å². The Bertz CT molecular complexity index is 972. The topological polar surface area (TPSA) is 38.3 Å². The number of hydrogen-bond acceptors (Lipinski definition) is 2. The molecule has 6 heteroatoms. The van der Waals surface area contributed by atoms with Gasteiger partial charge in [0.05, 0.1) is 12.7 Å². The largest absolute Gasteiger partial charge is 0.494 e. The van der Waals surface area contributed by atoms with Gasteiger partial charge in [0.1, 0.15) is 11.6 Å². The summed E-state index contributed by atoms with van der Waals surface area (Å²) in [6.45, 7) is 0.0406. The van der Waals surface area contributed by atoms with Crippen LogP contribution in [0, 0.1) is 17.5 Å². The van der Waals surface area contributed by atoms with Crippen molar-refractivity contribution in [1.82, 2.24) is 5.32 Å². The van der Waals surface area contributed by atoms with E-state index in [0.717, 1.165) is 0 Å². The quantitative estimate of drug-likeness (QED) is 0.705. The molecular formula is C21H16F3NO2. The van der Waals surface area contributed by atoms with E-state index < -0.39 is 17.5 Å². The normalized spacial score (nSPS) is 10.5. The lowest BCUT2D eigenvalue weighted by Gasteiger charge is -2.09. The van der Waals surface area contributed by atoms with E-state index in [1.807, 2.05) is 0 Å². The van der Waals surface area contributed by atoms with Crippen molar-refractivity contribution in [2.24, 2.45) is 0 Å². The zero-order valence-electron chi connectivity index (χ0n) is 14.4. The van der Waals surface area contributed by atoms with E-state index in [-0.39, 0.29) is 23.7 Å². The molecule has 27 heavy (non-hydrogen) atoms. The van der Waals surface area contributed by atoms with Crippen molar-refractivity contribution in [2.75, 3.05) is 7.11 Å². The SMILES string of the molecule is COc1ccc(CNC(=O)c2ccc(-c3ccc(F)cc3)cc2F)cc1F. The third-order valence-corrected chi connectivity index (χ3v) is 4.06. The lowest BCUT2D eigenvalue weighted by atomic mass is 10.0. The predicted molar refractivity (Wildman–Crippen MR) is 95.9 cm³/mol. The molecule has 3 rings (SSSR count). The van der Waals surface area contributed by atoms with Crippen molar-refractivity contribution in [1.29, 1.82) is 0 Å². The second-order valence-electron chi connectivity index (χ2n) is 5.85. The molecule has 1 amide bonds. The smallest absolute Gasteiger partial charge is 0.254 e. The minimum atomic E-state index is -0.699. The number of nitrogens with one attached hydrogen (secondary N) is 1. The monoisotopic (exact) mass is 371 g/mol. The fourth-order valence-electron chi connectivity index (χ4n) is 2.62. The van der Waals surface area contributed by atoms with Gasteiger partial charge in [0.25, 0.3) is 5.91 Å². The summed E-state index contributed by atoms with van der Waals surface area (Å²) in [6, 6.07) is 14.1. The third kappa shape index (κ3) is 4.28. The Kier molecular flexibility index (Phi) is 5.45. The Morgan fingerprint density at radius 1 is 0.889 bits per heavy atom. The highest BCUT2D eigenvalue weighted by Gasteiger charge is 2.13. The fourth-order valence-corrected chi connectivity index (χ4v) is 2.62. The molecule has 0 saturated carbocycles. The molecule has 1 N–H and O–H groups in total. The highest BCUT2D eigenvalue weighted by Crippen LogP contribution is 2.22. The molecule has 3 aromatic rings. The van der Waals surface area contributed by atoms with Gasteiger partial charge in [-0.1, -0.05) is 24.3 Å². The fraction of sp³-hybridized carbons (Fsp3) is 0.0952. The standard InChI is InChI=1S/C21H16F3NO2/c1-27-20-9-2-13(10-19(20)24)12-25-21(26)17-8-5-15(11-18(17)23)14-3-6-16(22)7-4-14/h2-11H,12H2,1H3,(H,25,26). The first-order chi connectivity index (χ1) is 13.0. The van der Waals surface area contributed by atoms with Gasteiger partial charge in [-0.25, -0.2) is 13.2 Å². The molecule has 138 valence electrons. The van der Waals surface area contributed by atoms with Crippen molar-refractivity contribution in [3.63, 3.8) is 0 Å². The first-order valence-electron chi connectivity index (χ1n) is 8.14. The van der Waals surface area contributed by atoms with Crippen molar-refractivity contribution in [3.05, 3.63) is 89.2 Å². The van der Waals surface area contributed by atoms with Crippen molar-refractivity contribution in [3.8, 4) is 16.9 Å². The minimum Gasteiger partial charge on any atom is -0.494 e. The zero-order valence-corrected chi connectivity index (χ0v) is 14.4. The van der Waals surface area contributed by atoms with E-state index in [9.17, 15) is 18.0 Å². The maximum atomic E-state index is 14.3. The van der Waals surface area contributed by atoms with E-state index in [1.54, 1.807) is 12.1 Å². The average molecular weight is 371 g/mol. The molecule has 0 heterocycles. The number of carbonyl (C=O) groups excluding carboxylic acids is 1. The van der Waals surface area contributed by atoms with Gasteiger partial charge < -0.3 is 10.1 Å². The molecular weight excluding hydrogens is 355 g/mol. The molecule has 3 aromatic carbocycles. The number of benzene rings is 3. The molecule has 0 aliphatic rings. The van der Waals surface area contributed by atoms with Gasteiger partial charge in [-0.05, 0) is 53.1 Å². The van der Waals surface area contributed by atoms with Crippen LogP contribution in [0.1, 0.15) is 15.9 Å². The molecule has 0 bridgehead atoms. The van der Waals surface area contributed by atoms with Crippen molar-refractivity contribution >= 4 is 5.91 Å². The summed E-state index contributed by atoms with van der Waals surface area (Å²) in [5.41, 5.74) is 1.55. The van der Waals surface area contributed by atoms with Crippen LogP contribution in [0.15, 0.2) is 60.7 Å². The van der Waals surface area contributed by atoms with Crippen LogP contribution in [0.5, 0.6) is 5.75 Å². The summed E-state index contributed by atoms with van der Waals surface area (Å²) in [7, 11) is 1.36. The third-order valence-electron chi connectivity index (χ3n) is 4.06. The molecule has 0 unspecified atom stereocenters. The van der Waals surface area contributed by atoms with Crippen LogP contribution in [-0.2, 0) is 6.54 Å². The lowest BCUT2D eigenvalue weighted by Crippen LogP contribution is -2.23. The molecule has 3 nitrogen and oxygen atoms in total. The Hall–Kier alpha value is -3.28. The molecule has 0 spiro atoms. The van der Waals surface area contributed by atoms with Crippen molar-refractivity contribution < 1.29 is 22.7 Å². The average Bonchev–Trinajstić information content (AvgIpc) is 2.66. The van der Waals surface area contributed by atoms with Gasteiger partial charge >= 0.3 is 0 Å². The Balaban J connectivity index is 1.71.